The first-order valence-electron chi connectivity index (χ1n) is 9.76. The summed E-state index contributed by atoms with van der Waals surface area (Å²) in [5.74, 6) is 0.470. The first kappa shape index (κ1) is 17.5. The summed E-state index contributed by atoms with van der Waals surface area (Å²) in [6.45, 7) is 0. The lowest BCUT2D eigenvalue weighted by Gasteiger charge is -2.13. The highest BCUT2D eigenvalue weighted by atomic mass is 16.5. The normalized spacial score (nSPS) is 14.5. The van der Waals surface area contributed by atoms with Gasteiger partial charge in [0.05, 0.1) is 23.2 Å². The van der Waals surface area contributed by atoms with Crippen molar-refractivity contribution in [2.45, 2.75) is 31.8 Å². The SMILES string of the molecule is O=C(Nc1ccc(OC2CCCC2)cc1)c1cnn2c1[nH]c(=O)c1ccccc12. The number of H-pyrrole nitrogens is 1. The summed E-state index contributed by atoms with van der Waals surface area (Å²) >= 11 is 0. The molecule has 0 saturated heterocycles. The van der Waals surface area contributed by atoms with E-state index >= 15 is 0 Å². The minimum Gasteiger partial charge on any atom is -0.490 e. The first-order valence-corrected chi connectivity index (χ1v) is 9.76. The molecule has 29 heavy (non-hydrogen) atoms. The van der Waals surface area contributed by atoms with Crippen LogP contribution in [0.25, 0.3) is 16.6 Å². The molecule has 0 bridgehead atoms. The number of hydrogen-bond donors (Lipinski definition) is 2. The molecule has 1 saturated carbocycles. The summed E-state index contributed by atoms with van der Waals surface area (Å²) in [5.41, 5.74) is 1.72. The van der Waals surface area contributed by atoms with Crippen LogP contribution in [0.15, 0.2) is 59.5 Å². The average molecular weight is 388 g/mol. The second-order valence-electron chi connectivity index (χ2n) is 7.29. The van der Waals surface area contributed by atoms with Crippen molar-refractivity contribution < 1.29 is 9.53 Å². The molecule has 2 heterocycles. The Labute approximate surface area is 166 Å². The molecular weight excluding hydrogens is 368 g/mol. The molecule has 5 rings (SSSR count). The van der Waals surface area contributed by atoms with Gasteiger partial charge in [0.15, 0.2) is 0 Å². The van der Waals surface area contributed by atoms with Crippen LogP contribution in [0.5, 0.6) is 5.75 Å². The third-order valence-electron chi connectivity index (χ3n) is 5.34. The molecule has 1 amide bonds. The Kier molecular flexibility index (Phi) is 4.27. The number of carbonyl (C=O) groups is 1. The van der Waals surface area contributed by atoms with Gasteiger partial charge in [-0.25, -0.2) is 4.52 Å². The molecule has 146 valence electrons. The van der Waals surface area contributed by atoms with Crippen LogP contribution < -0.4 is 15.6 Å². The van der Waals surface area contributed by atoms with Crippen molar-refractivity contribution in [3.63, 3.8) is 0 Å². The van der Waals surface area contributed by atoms with Crippen molar-refractivity contribution in [1.29, 1.82) is 0 Å². The van der Waals surface area contributed by atoms with Gasteiger partial charge in [0.1, 0.15) is 17.0 Å². The van der Waals surface area contributed by atoms with Gasteiger partial charge in [-0.15, -0.1) is 0 Å². The molecule has 2 aromatic carbocycles. The Balaban J connectivity index is 1.39. The molecule has 2 N–H and O–H groups in total. The zero-order valence-corrected chi connectivity index (χ0v) is 15.7. The van der Waals surface area contributed by atoms with Crippen LogP contribution in [0.3, 0.4) is 0 Å². The molecule has 0 unspecified atom stereocenters. The van der Waals surface area contributed by atoms with Gasteiger partial charge in [0.2, 0.25) is 0 Å². The predicted octanol–water partition coefficient (Wildman–Crippen LogP) is 3.75. The fourth-order valence-corrected chi connectivity index (χ4v) is 3.86. The number of nitrogens with one attached hydrogen (secondary N) is 2. The lowest BCUT2D eigenvalue weighted by atomic mass is 10.2. The van der Waals surface area contributed by atoms with Gasteiger partial charge >= 0.3 is 0 Å². The van der Waals surface area contributed by atoms with Crippen LogP contribution in [0, 0.1) is 0 Å². The molecule has 0 spiro atoms. The molecule has 1 fully saturated rings. The number of hydrogen-bond acceptors (Lipinski definition) is 4. The highest BCUT2D eigenvalue weighted by Crippen LogP contribution is 2.25. The van der Waals surface area contributed by atoms with Crippen molar-refractivity contribution in [3.8, 4) is 5.75 Å². The van der Waals surface area contributed by atoms with Crippen molar-refractivity contribution >= 4 is 28.1 Å². The van der Waals surface area contributed by atoms with E-state index in [9.17, 15) is 9.59 Å². The van der Waals surface area contributed by atoms with Gasteiger partial charge in [0.25, 0.3) is 11.5 Å². The predicted molar refractivity (Wildman–Crippen MR) is 111 cm³/mol. The van der Waals surface area contributed by atoms with Crippen LogP contribution in [0.4, 0.5) is 5.69 Å². The second kappa shape index (κ2) is 7.09. The number of anilines is 1. The van der Waals surface area contributed by atoms with Crippen molar-refractivity contribution in [2.75, 3.05) is 5.32 Å². The molecule has 2 aromatic heterocycles. The summed E-state index contributed by atoms with van der Waals surface area (Å²) in [6, 6.07) is 14.5. The zero-order valence-electron chi connectivity index (χ0n) is 15.7. The van der Waals surface area contributed by atoms with E-state index in [1.807, 2.05) is 30.3 Å². The first-order chi connectivity index (χ1) is 14.2. The Morgan fingerprint density at radius 3 is 2.66 bits per heavy atom. The number of nitrogens with zero attached hydrogens (tertiary/aromatic N) is 2. The third-order valence-corrected chi connectivity index (χ3v) is 5.34. The van der Waals surface area contributed by atoms with Gasteiger partial charge in [-0.3, -0.25) is 9.59 Å². The number of benzene rings is 2. The maximum absolute atomic E-state index is 12.8. The van der Waals surface area contributed by atoms with Crippen LogP contribution >= 0.6 is 0 Å². The smallest absolute Gasteiger partial charge is 0.261 e. The van der Waals surface area contributed by atoms with Gasteiger partial charge in [-0.1, -0.05) is 12.1 Å². The molecular formula is C22H20N4O3. The number of aromatic amines is 1. The summed E-state index contributed by atoms with van der Waals surface area (Å²) in [7, 11) is 0. The molecule has 7 nitrogen and oxygen atoms in total. The van der Waals surface area contributed by atoms with Crippen molar-refractivity contribution in [3.05, 3.63) is 70.6 Å². The van der Waals surface area contributed by atoms with E-state index in [0.29, 0.717) is 33.9 Å². The van der Waals surface area contributed by atoms with Crippen LogP contribution in [-0.4, -0.2) is 26.6 Å². The van der Waals surface area contributed by atoms with Crippen molar-refractivity contribution in [2.24, 2.45) is 0 Å². The number of fused-ring (bicyclic) bond motifs is 3. The number of rotatable bonds is 4. The van der Waals surface area contributed by atoms with E-state index in [4.69, 9.17) is 4.74 Å². The molecule has 7 heteroatoms. The van der Waals surface area contributed by atoms with Crippen LogP contribution in [0.1, 0.15) is 36.0 Å². The van der Waals surface area contributed by atoms with Gasteiger partial charge in [0, 0.05) is 5.69 Å². The molecule has 1 aliphatic rings. The number of para-hydroxylation sites is 1. The van der Waals surface area contributed by atoms with E-state index in [1.54, 1.807) is 22.7 Å². The van der Waals surface area contributed by atoms with Crippen molar-refractivity contribution in [1.82, 2.24) is 14.6 Å². The number of carbonyl (C=O) groups excluding carboxylic acids is 1. The Morgan fingerprint density at radius 1 is 1.10 bits per heavy atom. The quantitative estimate of drug-likeness (QED) is 0.557. The molecule has 0 radical (unpaired) electrons. The number of ether oxygens (including phenoxy) is 1. The fourth-order valence-electron chi connectivity index (χ4n) is 3.86. The second-order valence-corrected chi connectivity index (χ2v) is 7.29. The average Bonchev–Trinajstić information content (AvgIpc) is 3.39. The molecule has 0 atom stereocenters. The topological polar surface area (TPSA) is 88.5 Å². The lowest BCUT2D eigenvalue weighted by molar-refractivity contribution is 0.102. The third kappa shape index (κ3) is 3.24. The largest absolute Gasteiger partial charge is 0.490 e. The van der Waals surface area contributed by atoms with Gasteiger partial charge in [-0.2, -0.15) is 5.10 Å². The number of aromatic nitrogens is 3. The summed E-state index contributed by atoms with van der Waals surface area (Å²) < 4.78 is 7.53. The summed E-state index contributed by atoms with van der Waals surface area (Å²) in [4.78, 5) is 27.9. The molecule has 0 aliphatic heterocycles. The highest BCUT2D eigenvalue weighted by Gasteiger charge is 2.18. The maximum Gasteiger partial charge on any atom is 0.261 e. The highest BCUT2D eigenvalue weighted by molar-refractivity contribution is 6.08. The Bertz CT molecular complexity index is 1250. The Hall–Kier alpha value is -3.61. The molecule has 4 aromatic rings. The minimum absolute atomic E-state index is 0.254. The fraction of sp³-hybridized carbons (Fsp3) is 0.227. The number of amides is 1. The standard InChI is InChI=1S/C22H20N4O3/c27-21-17-7-3-4-8-19(17)26-20(25-21)18(13-23-26)22(28)24-14-9-11-16(12-10-14)29-15-5-1-2-6-15/h3-4,7-13,15H,1-2,5-6H2,(H,24,28)(H,25,27). The molecule has 1 aliphatic carbocycles. The van der Waals surface area contributed by atoms with E-state index in [-0.39, 0.29) is 11.5 Å². The summed E-state index contributed by atoms with van der Waals surface area (Å²) in [6.07, 6.45) is 6.39. The lowest BCUT2D eigenvalue weighted by Crippen LogP contribution is -2.15. The summed E-state index contributed by atoms with van der Waals surface area (Å²) in [5, 5.41) is 7.66. The van der Waals surface area contributed by atoms with E-state index < -0.39 is 0 Å². The Morgan fingerprint density at radius 2 is 1.86 bits per heavy atom. The zero-order chi connectivity index (χ0) is 19.8. The van der Waals surface area contributed by atoms with Gasteiger partial charge < -0.3 is 15.0 Å². The monoisotopic (exact) mass is 388 g/mol. The van der Waals surface area contributed by atoms with E-state index in [1.165, 1.54) is 19.0 Å². The van der Waals surface area contributed by atoms with E-state index in [0.717, 1.165) is 18.6 Å². The van der Waals surface area contributed by atoms with E-state index in [2.05, 4.69) is 15.4 Å². The van der Waals surface area contributed by atoms with Crippen LogP contribution in [-0.2, 0) is 0 Å². The minimum atomic E-state index is -0.338. The van der Waals surface area contributed by atoms with Gasteiger partial charge in [-0.05, 0) is 62.1 Å². The van der Waals surface area contributed by atoms with Crippen LogP contribution in [0.2, 0.25) is 0 Å². The maximum atomic E-state index is 12.8.